The SMILES string of the molecule is C[C@@H](NC(=O)Cc1ccc2ccccc2c1)[C@H]1C[C@@H]2CC[C@@H]1C2. The largest absolute Gasteiger partial charge is 0.353 e. The first-order valence-electron chi connectivity index (χ1n) is 8.96. The fourth-order valence-corrected chi connectivity index (χ4v) is 4.85. The zero-order chi connectivity index (χ0) is 15.8. The molecule has 0 aliphatic heterocycles. The van der Waals surface area contributed by atoms with Gasteiger partial charge in [-0.05, 0) is 60.3 Å². The predicted octanol–water partition coefficient (Wildman–Crippen LogP) is 4.32. The van der Waals surface area contributed by atoms with Gasteiger partial charge in [-0.15, -0.1) is 0 Å². The van der Waals surface area contributed by atoms with E-state index in [1.54, 1.807) is 0 Å². The average molecular weight is 307 g/mol. The van der Waals surface area contributed by atoms with Gasteiger partial charge < -0.3 is 5.32 Å². The third-order valence-electron chi connectivity index (χ3n) is 6.00. The lowest BCUT2D eigenvalue weighted by Crippen LogP contribution is -2.40. The maximum absolute atomic E-state index is 12.4. The van der Waals surface area contributed by atoms with Crippen molar-refractivity contribution in [1.29, 1.82) is 0 Å². The van der Waals surface area contributed by atoms with Crippen LogP contribution in [0.15, 0.2) is 42.5 Å². The van der Waals surface area contributed by atoms with Crippen molar-refractivity contribution in [2.24, 2.45) is 17.8 Å². The summed E-state index contributed by atoms with van der Waals surface area (Å²) in [5.41, 5.74) is 1.10. The summed E-state index contributed by atoms with van der Waals surface area (Å²) in [5, 5.41) is 5.70. The van der Waals surface area contributed by atoms with E-state index in [-0.39, 0.29) is 5.91 Å². The summed E-state index contributed by atoms with van der Waals surface area (Å²) in [7, 11) is 0. The van der Waals surface area contributed by atoms with Gasteiger partial charge in [0.15, 0.2) is 0 Å². The number of carbonyl (C=O) groups is 1. The first-order valence-corrected chi connectivity index (χ1v) is 8.96. The van der Waals surface area contributed by atoms with Crippen molar-refractivity contribution in [1.82, 2.24) is 5.32 Å². The van der Waals surface area contributed by atoms with Crippen LogP contribution in [0.3, 0.4) is 0 Å². The molecule has 4 atom stereocenters. The highest BCUT2D eigenvalue weighted by Crippen LogP contribution is 2.49. The van der Waals surface area contributed by atoms with Gasteiger partial charge in [-0.25, -0.2) is 0 Å². The van der Waals surface area contributed by atoms with Gasteiger partial charge in [0.25, 0.3) is 0 Å². The Morgan fingerprint density at radius 3 is 2.70 bits per heavy atom. The molecule has 0 saturated heterocycles. The monoisotopic (exact) mass is 307 g/mol. The third kappa shape index (κ3) is 2.99. The molecule has 2 aromatic carbocycles. The summed E-state index contributed by atoms with van der Waals surface area (Å²) in [6.45, 7) is 2.20. The van der Waals surface area contributed by atoms with Gasteiger partial charge in [-0.3, -0.25) is 4.79 Å². The Morgan fingerprint density at radius 1 is 1.13 bits per heavy atom. The standard InChI is InChI=1S/C21H25NO/c1-14(20-12-15-7-9-19(20)11-15)22-21(23)13-16-6-8-17-4-2-3-5-18(17)10-16/h2-6,8,10,14-15,19-20H,7,9,11-13H2,1H3,(H,22,23)/t14-,15-,19-,20-/m1/s1. The van der Waals surface area contributed by atoms with Crippen molar-refractivity contribution in [2.45, 2.75) is 45.1 Å². The van der Waals surface area contributed by atoms with Crippen LogP contribution in [0.4, 0.5) is 0 Å². The van der Waals surface area contributed by atoms with Crippen LogP contribution in [0.2, 0.25) is 0 Å². The molecule has 0 aromatic heterocycles. The lowest BCUT2D eigenvalue weighted by Gasteiger charge is -2.28. The van der Waals surface area contributed by atoms with E-state index in [2.05, 4.69) is 42.6 Å². The molecule has 1 N–H and O–H groups in total. The second-order valence-electron chi connectivity index (χ2n) is 7.55. The van der Waals surface area contributed by atoms with Crippen LogP contribution in [0.1, 0.15) is 38.2 Å². The van der Waals surface area contributed by atoms with Crippen molar-refractivity contribution in [3.8, 4) is 0 Å². The van der Waals surface area contributed by atoms with Gasteiger partial charge in [0, 0.05) is 6.04 Å². The molecule has 2 bridgehead atoms. The van der Waals surface area contributed by atoms with E-state index in [4.69, 9.17) is 0 Å². The van der Waals surface area contributed by atoms with Crippen LogP contribution in [0.25, 0.3) is 10.8 Å². The highest BCUT2D eigenvalue weighted by molar-refractivity contribution is 5.85. The van der Waals surface area contributed by atoms with E-state index in [9.17, 15) is 4.79 Å². The summed E-state index contributed by atoms with van der Waals surface area (Å²) in [6.07, 6.45) is 5.99. The van der Waals surface area contributed by atoms with Crippen LogP contribution in [-0.4, -0.2) is 11.9 Å². The second kappa shape index (κ2) is 5.99. The summed E-state index contributed by atoms with van der Waals surface area (Å²) in [4.78, 5) is 12.4. The molecule has 0 radical (unpaired) electrons. The Labute approximate surface area is 138 Å². The number of nitrogens with one attached hydrogen (secondary N) is 1. The molecule has 120 valence electrons. The minimum Gasteiger partial charge on any atom is -0.353 e. The molecule has 0 unspecified atom stereocenters. The second-order valence-corrected chi connectivity index (χ2v) is 7.55. The Morgan fingerprint density at radius 2 is 1.96 bits per heavy atom. The van der Waals surface area contributed by atoms with Gasteiger partial charge >= 0.3 is 0 Å². The molecular formula is C21H25NO. The van der Waals surface area contributed by atoms with E-state index in [0.29, 0.717) is 18.4 Å². The maximum atomic E-state index is 12.4. The van der Waals surface area contributed by atoms with Crippen LogP contribution < -0.4 is 5.32 Å². The molecule has 0 spiro atoms. The first kappa shape index (κ1) is 14.7. The topological polar surface area (TPSA) is 29.1 Å². The van der Waals surface area contributed by atoms with Gasteiger partial charge in [-0.2, -0.15) is 0 Å². The number of fused-ring (bicyclic) bond motifs is 3. The smallest absolute Gasteiger partial charge is 0.224 e. The molecule has 23 heavy (non-hydrogen) atoms. The predicted molar refractivity (Wildman–Crippen MR) is 94.2 cm³/mol. The van der Waals surface area contributed by atoms with Crippen LogP contribution >= 0.6 is 0 Å². The normalized spacial score (nSPS) is 27.3. The quantitative estimate of drug-likeness (QED) is 0.895. The zero-order valence-corrected chi connectivity index (χ0v) is 13.8. The fourth-order valence-electron chi connectivity index (χ4n) is 4.85. The Kier molecular flexibility index (Phi) is 3.84. The van der Waals surface area contributed by atoms with Crippen molar-refractivity contribution in [3.05, 3.63) is 48.0 Å². The summed E-state index contributed by atoms with van der Waals surface area (Å²) >= 11 is 0. The summed E-state index contributed by atoms with van der Waals surface area (Å²) in [6, 6.07) is 14.9. The van der Waals surface area contributed by atoms with Gasteiger partial charge in [0.2, 0.25) is 5.91 Å². The Hall–Kier alpha value is -1.83. The van der Waals surface area contributed by atoms with E-state index in [0.717, 1.165) is 17.4 Å². The number of hydrogen-bond donors (Lipinski definition) is 1. The molecular weight excluding hydrogens is 282 g/mol. The molecule has 2 saturated carbocycles. The zero-order valence-electron chi connectivity index (χ0n) is 13.8. The average Bonchev–Trinajstić information content (AvgIpc) is 3.17. The Balaban J connectivity index is 1.39. The van der Waals surface area contributed by atoms with Crippen LogP contribution in [0, 0.1) is 17.8 Å². The number of benzene rings is 2. The van der Waals surface area contributed by atoms with Gasteiger partial charge in [0.1, 0.15) is 0 Å². The molecule has 4 rings (SSSR count). The fraction of sp³-hybridized carbons (Fsp3) is 0.476. The third-order valence-corrected chi connectivity index (χ3v) is 6.00. The van der Waals surface area contributed by atoms with Crippen molar-refractivity contribution in [2.75, 3.05) is 0 Å². The van der Waals surface area contributed by atoms with Crippen molar-refractivity contribution in [3.63, 3.8) is 0 Å². The highest BCUT2D eigenvalue weighted by atomic mass is 16.1. The molecule has 2 fully saturated rings. The number of hydrogen-bond acceptors (Lipinski definition) is 1. The minimum atomic E-state index is 0.163. The molecule has 2 aromatic rings. The highest BCUT2D eigenvalue weighted by Gasteiger charge is 2.42. The van der Waals surface area contributed by atoms with E-state index in [1.165, 1.54) is 36.5 Å². The lowest BCUT2D eigenvalue weighted by molar-refractivity contribution is -0.121. The van der Waals surface area contributed by atoms with Crippen molar-refractivity contribution >= 4 is 16.7 Å². The molecule has 1 amide bonds. The van der Waals surface area contributed by atoms with Crippen LogP contribution in [-0.2, 0) is 11.2 Å². The Bertz CT molecular complexity index is 723. The lowest BCUT2D eigenvalue weighted by atomic mass is 9.84. The minimum absolute atomic E-state index is 0.163. The number of rotatable bonds is 4. The number of amides is 1. The number of carbonyl (C=O) groups excluding carboxylic acids is 1. The molecule has 2 nitrogen and oxygen atoms in total. The molecule has 0 heterocycles. The van der Waals surface area contributed by atoms with E-state index >= 15 is 0 Å². The van der Waals surface area contributed by atoms with E-state index in [1.807, 2.05) is 12.1 Å². The molecule has 2 aliphatic carbocycles. The van der Waals surface area contributed by atoms with Crippen LogP contribution in [0.5, 0.6) is 0 Å². The van der Waals surface area contributed by atoms with E-state index < -0.39 is 0 Å². The molecule has 2 aliphatic rings. The first-order chi connectivity index (χ1) is 11.2. The van der Waals surface area contributed by atoms with Gasteiger partial charge in [0.05, 0.1) is 6.42 Å². The summed E-state index contributed by atoms with van der Waals surface area (Å²) < 4.78 is 0. The van der Waals surface area contributed by atoms with Crippen molar-refractivity contribution < 1.29 is 4.79 Å². The van der Waals surface area contributed by atoms with Gasteiger partial charge in [-0.1, -0.05) is 48.9 Å². The molecule has 2 heteroatoms. The maximum Gasteiger partial charge on any atom is 0.224 e. The summed E-state index contributed by atoms with van der Waals surface area (Å²) in [5.74, 6) is 2.66.